The van der Waals surface area contributed by atoms with Crippen LogP contribution in [0, 0.1) is 6.92 Å². The van der Waals surface area contributed by atoms with E-state index in [0.29, 0.717) is 11.7 Å². The van der Waals surface area contributed by atoms with Gasteiger partial charge in [0.05, 0.1) is 6.04 Å². The van der Waals surface area contributed by atoms with Crippen molar-refractivity contribution in [2.75, 3.05) is 0 Å². The van der Waals surface area contributed by atoms with Crippen molar-refractivity contribution in [3.63, 3.8) is 0 Å². The molecule has 4 nitrogen and oxygen atoms in total. The van der Waals surface area contributed by atoms with Gasteiger partial charge in [-0.2, -0.15) is 4.98 Å². The maximum atomic E-state index is 5.81. The largest absolute Gasteiger partial charge is 0.337 e. The molecule has 1 atom stereocenters. The number of rotatable bonds is 3. The third-order valence-electron chi connectivity index (χ3n) is 2.51. The zero-order chi connectivity index (χ0) is 11.5. The van der Waals surface area contributed by atoms with Crippen molar-refractivity contribution >= 4 is 12.4 Å². The first-order valence-electron chi connectivity index (χ1n) is 5.37. The minimum Gasteiger partial charge on any atom is -0.337 e. The molecular weight excluding hydrogens is 238 g/mol. The van der Waals surface area contributed by atoms with Crippen LogP contribution in [0.1, 0.15) is 30.8 Å². The highest BCUT2D eigenvalue weighted by atomic mass is 35.5. The Morgan fingerprint density at radius 1 is 1.29 bits per heavy atom. The molecule has 2 aromatic rings. The summed E-state index contributed by atoms with van der Waals surface area (Å²) in [5.74, 6) is 1.09. The number of nitrogens with zero attached hydrogens (tertiary/aromatic N) is 2. The molecule has 1 heterocycles. The Kier molecular flexibility index (Phi) is 4.66. The summed E-state index contributed by atoms with van der Waals surface area (Å²) in [5, 5.41) is 3.92. The summed E-state index contributed by atoms with van der Waals surface area (Å²) in [6.45, 7) is 4.03. The molecule has 1 aromatic heterocycles. The Balaban J connectivity index is 0.00000144. The molecule has 2 N–H and O–H groups in total. The van der Waals surface area contributed by atoms with Crippen LogP contribution in [0.3, 0.4) is 0 Å². The smallest absolute Gasteiger partial charge is 0.243 e. The molecule has 0 amide bonds. The van der Waals surface area contributed by atoms with Crippen molar-refractivity contribution in [1.29, 1.82) is 0 Å². The fourth-order valence-electron chi connectivity index (χ4n) is 1.38. The Morgan fingerprint density at radius 2 is 1.94 bits per heavy atom. The number of halogens is 1. The van der Waals surface area contributed by atoms with Gasteiger partial charge in [0.25, 0.3) is 0 Å². The van der Waals surface area contributed by atoms with Gasteiger partial charge in [-0.15, -0.1) is 12.4 Å². The van der Waals surface area contributed by atoms with E-state index in [1.54, 1.807) is 0 Å². The van der Waals surface area contributed by atoms with E-state index in [0.717, 1.165) is 12.0 Å². The van der Waals surface area contributed by atoms with E-state index in [-0.39, 0.29) is 18.4 Å². The summed E-state index contributed by atoms with van der Waals surface area (Å²) in [7, 11) is 0. The van der Waals surface area contributed by atoms with Gasteiger partial charge in [-0.1, -0.05) is 41.9 Å². The first-order valence-corrected chi connectivity index (χ1v) is 5.37. The molecule has 0 spiro atoms. The van der Waals surface area contributed by atoms with Crippen molar-refractivity contribution < 1.29 is 4.52 Å². The van der Waals surface area contributed by atoms with Gasteiger partial charge in [0.1, 0.15) is 0 Å². The van der Waals surface area contributed by atoms with Crippen molar-refractivity contribution in [3.05, 3.63) is 35.7 Å². The molecule has 0 saturated heterocycles. The van der Waals surface area contributed by atoms with Crippen LogP contribution in [0.2, 0.25) is 0 Å². The zero-order valence-corrected chi connectivity index (χ0v) is 10.7. The molecule has 0 aliphatic rings. The van der Waals surface area contributed by atoms with E-state index in [1.165, 1.54) is 5.56 Å². The monoisotopic (exact) mass is 253 g/mol. The van der Waals surface area contributed by atoms with Gasteiger partial charge in [-0.3, -0.25) is 0 Å². The molecule has 0 aliphatic heterocycles. The van der Waals surface area contributed by atoms with Gasteiger partial charge in [0.2, 0.25) is 11.7 Å². The lowest BCUT2D eigenvalue weighted by molar-refractivity contribution is 0.352. The predicted octanol–water partition coefficient (Wildman–Crippen LogP) is 2.88. The molecular formula is C12H16ClN3O. The maximum absolute atomic E-state index is 5.81. The number of hydrogen-bond donors (Lipinski definition) is 1. The molecule has 1 aromatic carbocycles. The van der Waals surface area contributed by atoms with Crippen LogP contribution in [0.25, 0.3) is 11.4 Å². The van der Waals surface area contributed by atoms with Crippen LogP contribution in [0.5, 0.6) is 0 Å². The lowest BCUT2D eigenvalue weighted by Gasteiger charge is -1.99. The summed E-state index contributed by atoms with van der Waals surface area (Å²) in [6.07, 6.45) is 0.787. The molecule has 2 rings (SSSR count). The van der Waals surface area contributed by atoms with Crippen LogP contribution < -0.4 is 5.73 Å². The second-order valence-electron chi connectivity index (χ2n) is 3.84. The minimum absolute atomic E-state index is 0. The number of benzene rings is 1. The Morgan fingerprint density at radius 3 is 2.53 bits per heavy atom. The molecule has 0 unspecified atom stereocenters. The highest BCUT2D eigenvalue weighted by Gasteiger charge is 2.13. The topological polar surface area (TPSA) is 64.9 Å². The predicted molar refractivity (Wildman–Crippen MR) is 68.9 cm³/mol. The van der Waals surface area contributed by atoms with Crippen molar-refractivity contribution in [3.8, 4) is 11.4 Å². The van der Waals surface area contributed by atoms with Crippen molar-refractivity contribution in [2.45, 2.75) is 26.3 Å². The highest BCUT2D eigenvalue weighted by Crippen LogP contribution is 2.19. The third-order valence-corrected chi connectivity index (χ3v) is 2.51. The quantitative estimate of drug-likeness (QED) is 0.914. The van der Waals surface area contributed by atoms with Crippen molar-refractivity contribution in [1.82, 2.24) is 10.1 Å². The summed E-state index contributed by atoms with van der Waals surface area (Å²) in [6, 6.07) is 7.81. The molecule has 5 heteroatoms. The average Bonchev–Trinajstić information content (AvgIpc) is 2.78. The Labute approximate surface area is 107 Å². The van der Waals surface area contributed by atoms with E-state index in [4.69, 9.17) is 10.3 Å². The minimum atomic E-state index is -0.174. The van der Waals surface area contributed by atoms with E-state index in [2.05, 4.69) is 10.1 Å². The molecule has 0 aliphatic carbocycles. The Hall–Kier alpha value is -1.39. The second kappa shape index (κ2) is 5.80. The first kappa shape index (κ1) is 13.7. The lowest BCUT2D eigenvalue weighted by atomic mass is 10.1. The van der Waals surface area contributed by atoms with Gasteiger partial charge >= 0.3 is 0 Å². The zero-order valence-electron chi connectivity index (χ0n) is 9.88. The van der Waals surface area contributed by atoms with Gasteiger partial charge in [-0.25, -0.2) is 0 Å². The molecule has 0 radical (unpaired) electrons. The van der Waals surface area contributed by atoms with E-state index >= 15 is 0 Å². The van der Waals surface area contributed by atoms with Gasteiger partial charge in [0, 0.05) is 5.56 Å². The summed E-state index contributed by atoms with van der Waals surface area (Å²) >= 11 is 0. The normalized spacial score (nSPS) is 11.9. The van der Waals surface area contributed by atoms with E-state index in [9.17, 15) is 0 Å². The number of hydrogen-bond acceptors (Lipinski definition) is 4. The number of aromatic nitrogens is 2. The molecule has 0 saturated carbocycles. The molecule has 0 bridgehead atoms. The molecule has 92 valence electrons. The highest BCUT2D eigenvalue weighted by molar-refractivity contribution is 5.85. The third kappa shape index (κ3) is 3.05. The second-order valence-corrected chi connectivity index (χ2v) is 3.84. The van der Waals surface area contributed by atoms with Crippen molar-refractivity contribution in [2.24, 2.45) is 5.73 Å². The van der Waals surface area contributed by atoms with Crippen LogP contribution in [-0.2, 0) is 0 Å². The average molecular weight is 254 g/mol. The lowest BCUT2D eigenvalue weighted by Crippen LogP contribution is -2.08. The summed E-state index contributed by atoms with van der Waals surface area (Å²) < 4.78 is 5.12. The Bertz CT molecular complexity index is 467. The fourth-order valence-corrected chi connectivity index (χ4v) is 1.38. The van der Waals surface area contributed by atoms with Gasteiger partial charge < -0.3 is 10.3 Å². The van der Waals surface area contributed by atoms with Crippen LogP contribution in [-0.4, -0.2) is 10.1 Å². The maximum Gasteiger partial charge on any atom is 0.243 e. The van der Waals surface area contributed by atoms with Crippen LogP contribution in [0.15, 0.2) is 28.8 Å². The van der Waals surface area contributed by atoms with Crippen LogP contribution >= 0.6 is 12.4 Å². The van der Waals surface area contributed by atoms with Crippen LogP contribution in [0.4, 0.5) is 0 Å². The van der Waals surface area contributed by atoms with Gasteiger partial charge in [0.15, 0.2) is 0 Å². The molecule has 17 heavy (non-hydrogen) atoms. The van der Waals surface area contributed by atoms with E-state index < -0.39 is 0 Å². The standard InChI is InChI=1S/C12H15N3O.ClH/c1-3-10(13)12-14-11(15-16-12)9-6-4-8(2)5-7-9;/h4-7,10H,3,13H2,1-2H3;1H/t10-;/m0./s1. The number of nitrogens with two attached hydrogens (primary N) is 1. The first-order chi connectivity index (χ1) is 7.70. The molecule has 0 fully saturated rings. The summed E-state index contributed by atoms with van der Waals surface area (Å²) in [5.41, 5.74) is 7.97. The van der Waals surface area contributed by atoms with Gasteiger partial charge in [-0.05, 0) is 13.3 Å². The summed E-state index contributed by atoms with van der Waals surface area (Å²) in [4.78, 5) is 4.28. The fraction of sp³-hybridized carbons (Fsp3) is 0.333. The van der Waals surface area contributed by atoms with E-state index in [1.807, 2.05) is 38.1 Å². The number of aryl methyl sites for hydroxylation is 1. The SMILES string of the molecule is CC[C@H](N)c1nc(-c2ccc(C)cc2)no1.Cl.